The summed E-state index contributed by atoms with van der Waals surface area (Å²) in [6.45, 7) is 19.6. The molecule has 0 saturated carbocycles. The standard InChI is InChI=1S/C21H31IN2O2.C15H28N2O2/c1-21(2,3)26-20(25)24-14-10-17(11-15-24)16-8-12-23(13-9-16)19-6-4-18(22)5-7-19;1-15(2,3)19-14(18)17-10-6-13(7-11-17)12-4-8-16-9-5-12/h4-7,16-17H,8-15H2,1-3H3;12-13,16H,4-11H2,1-3H3. The Balaban J connectivity index is 0.000000215. The average Bonchev–Trinajstić information content (AvgIpc) is 3.01. The van der Waals surface area contributed by atoms with Crippen molar-refractivity contribution in [2.45, 2.75) is 104 Å². The highest BCUT2D eigenvalue weighted by Crippen LogP contribution is 2.35. The van der Waals surface area contributed by atoms with Gasteiger partial charge in [-0.25, -0.2) is 9.59 Å². The van der Waals surface area contributed by atoms with E-state index in [0.29, 0.717) is 0 Å². The number of carbonyl (C=O) groups is 2. The van der Waals surface area contributed by atoms with Crippen molar-refractivity contribution in [1.29, 1.82) is 0 Å². The van der Waals surface area contributed by atoms with E-state index in [1.165, 1.54) is 34.9 Å². The summed E-state index contributed by atoms with van der Waals surface area (Å²) in [6.07, 6.45) is 9.37. The molecule has 4 saturated heterocycles. The zero-order chi connectivity index (χ0) is 32.6. The number of rotatable bonds is 3. The van der Waals surface area contributed by atoms with E-state index in [9.17, 15) is 9.59 Å². The van der Waals surface area contributed by atoms with Crippen molar-refractivity contribution in [2.75, 3.05) is 57.3 Å². The minimum Gasteiger partial charge on any atom is -0.444 e. The minimum atomic E-state index is -0.406. The summed E-state index contributed by atoms with van der Waals surface area (Å²) in [5.74, 6) is 3.23. The Morgan fingerprint density at radius 3 is 1.36 bits per heavy atom. The maximum atomic E-state index is 12.2. The van der Waals surface area contributed by atoms with Gasteiger partial charge >= 0.3 is 12.2 Å². The van der Waals surface area contributed by atoms with Gasteiger partial charge in [-0.15, -0.1) is 0 Å². The molecule has 2 amide bonds. The molecule has 0 unspecified atom stereocenters. The van der Waals surface area contributed by atoms with Gasteiger partial charge in [0.1, 0.15) is 11.2 Å². The number of hydrogen-bond acceptors (Lipinski definition) is 6. The molecule has 1 N–H and O–H groups in total. The molecule has 0 radical (unpaired) electrons. The van der Waals surface area contributed by atoms with Gasteiger partial charge in [0.2, 0.25) is 0 Å². The topological polar surface area (TPSA) is 74.4 Å². The number of ether oxygens (including phenoxy) is 2. The highest BCUT2D eigenvalue weighted by atomic mass is 127. The zero-order valence-electron chi connectivity index (χ0n) is 28.8. The van der Waals surface area contributed by atoms with Crippen LogP contribution in [0.15, 0.2) is 24.3 Å². The van der Waals surface area contributed by atoms with Crippen molar-refractivity contribution in [3.8, 4) is 0 Å². The van der Waals surface area contributed by atoms with Crippen molar-refractivity contribution in [2.24, 2.45) is 23.7 Å². The first-order valence-corrected chi connectivity index (χ1v) is 18.5. The lowest BCUT2D eigenvalue weighted by Gasteiger charge is -2.41. The van der Waals surface area contributed by atoms with E-state index in [4.69, 9.17) is 9.47 Å². The first kappa shape index (κ1) is 36.1. The Bertz CT molecular complexity index is 1060. The number of halogens is 1. The molecule has 4 heterocycles. The molecule has 0 bridgehead atoms. The van der Waals surface area contributed by atoms with Gasteiger partial charge in [0.25, 0.3) is 0 Å². The van der Waals surface area contributed by atoms with Crippen molar-refractivity contribution in [3.05, 3.63) is 27.8 Å². The van der Waals surface area contributed by atoms with Gasteiger partial charge in [-0.3, -0.25) is 0 Å². The summed E-state index contributed by atoms with van der Waals surface area (Å²) in [5.41, 5.74) is 0.558. The van der Waals surface area contributed by atoms with E-state index in [-0.39, 0.29) is 17.8 Å². The van der Waals surface area contributed by atoms with Crippen LogP contribution >= 0.6 is 22.6 Å². The molecule has 4 fully saturated rings. The molecular formula is C36H59IN4O4. The molecule has 4 aliphatic rings. The van der Waals surface area contributed by atoms with E-state index in [2.05, 4.69) is 57.1 Å². The molecule has 0 aromatic heterocycles. The third-order valence-corrected chi connectivity index (χ3v) is 10.6. The van der Waals surface area contributed by atoms with Gasteiger partial charge in [-0.2, -0.15) is 0 Å². The Hall–Kier alpha value is -1.75. The molecule has 0 atom stereocenters. The van der Waals surface area contributed by atoms with Crippen molar-refractivity contribution < 1.29 is 19.1 Å². The Labute approximate surface area is 286 Å². The van der Waals surface area contributed by atoms with Crippen LogP contribution in [0, 0.1) is 27.2 Å². The van der Waals surface area contributed by atoms with Crippen molar-refractivity contribution >= 4 is 40.5 Å². The molecule has 1 aromatic carbocycles. The second-order valence-corrected chi connectivity index (χ2v) is 16.7. The van der Waals surface area contributed by atoms with Gasteiger partial charge < -0.3 is 29.5 Å². The normalized spacial score (nSPS) is 21.6. The predicted molar refractivity (Wildman–Crippen MR) is 191 cm³/mol. The number of carbonyl (C=O) groups excluding carboxylic acids is 2. The van der Waals surface area contributed by atoms with Crippen LogP contribution in [0.25, 0.3) is 0 Å². The molecule has 9 heteroatoms. The highest BCUT2D eigenvalue weighted by molar-refractivity contribution is 14.1. The quantitative estimate of drug-likeness (QED) is 0.320. The molecule has 1 aromatic rings. The number of amides is 2. The molecule has 45 heavy (non-hydrogen) atoms. The van der Waals surface area contributed by atoms with Crippen LogP contribution in [0.4, 0.5) is 15.3 Å². The van der Waals surface area contributed by atoms with Gasteiger partial charge in [0.15, 0.2) is 0 Å². The summed E-state index contributed by atoms with van der Waals surface area (Å²) in [7, 11) is 0. The van der Waals surface area contributed by atoms with E-state index in [1.807, 2.05) is 51.3 Å². The van der Waals surface area contributed by atoms with E-state index >= 15 is 0 Å². The highest BCUT2D eigenvalue weighted by Gasteiger charge is 2.33. The molecule has 4 aliphatic heterocycles. The lowest BCUT2D eigenvalue weighted by atomic mass is 9.79. The fourth-order valence-corrected chi connectivity index (χ4v) is 7.72. The van der Waals surface area contributed by atoms with E-state index < -0.39 is 5.60 Å². The minimum absolute atomic E-state index is 0.142. The second kappa shape index (κ2) is 16.4. The Morgan fingerprint density at radius 1 is 0.622 bits per heavy atom. The number of benzene rings is 1. The zero-order valence-corrected chi connectivity index (χ0v) is 30.9. The molecule has 0 spiro atoms. The van der Waals surface area contributed by atoms with Crippen LogP contribution in [0.1, 0.15) is 92.9 Å². The third-order valence-electron chi connectivity index (χ3n) is 9.83. The lowest BCUT2D eigenvalue weighted by molar-refractivity contribution is 0.0142. The van der Waals surface area contributed by atoms with Crippen LogP contribution in [-0.2, 0) is 9.47 Å². The first-order valence-electron chi connectivity index (χ1n) is 17.4. The Kier molecular flexibility index (Phi) is 13.1. The van der Waals surface area contributed by atoms with Crippen LogP contribution in [-0.4, -0.2) is 85.5 Å². The predicted octanol–water partition coefficient (Wildman–Crippen LogP) is 7.79. The van der Waals surface area contributed by atoms with Crippen LogP contribution in [0.2, 0.25) is 0 Å². The number of nitrogens with zero attached hydrogens (tertiary/aromatic N) is 3. The molecule has 8 nitrogen and oxygen atoms in total. The second-order valence-electron chi connectivity index (χ2n) is 15.5. The van der Waals surface area contributed by atoms with Crippen LogP contribution in [0.3, 0.4) is 0 Å². The first-order chi connectivity index (χ1) is 21.3. The van der Waals surface area contributed by atoms with E-state index in [1.54, 1.807) is 0 Å². The number of anilines is 1. The summed E-state index contributed by atoms with van der Waals surface area (Å²) in [6, 6.07) is 8.85. The lowest BCUT2D eigenvalue weighted by Crippen LogP contribution is -2.44. The smallest absolute Gasteiger partial charge is 0.410 e. The Morgan fingerprint density at radius 2 is 0.978 bits per heavy atom. The van der Waals surface area contributed by atoms with Gasteiger partial charge in [-0.1, -0.05) is 0 Å². The number of hydrogen-bond donors (Lipinski definition) is 1. The summed E-state index contributed by atoms with van der Waals surface area (Å²) < 4.78 is 12.2. The van der Waals surface area contributed by atoms with Crippen LogP contribution in [0.5, 0.6) is 0 Å². The monoisotopic (exact) mass is 738 g/mol. The number of nitrogens with one attached hydrogen (secondary N) is 1. The average molecular weight is 739 g/mol. The maximum absolute atomic E-state index is 12.2. The van der Waals surface area contributed by atoms with Crippen molar-refractivity contribution in [1.82, 2.24) is 15.1 Å². The number of likely N-dealkylation sites (tertiary alicyclic amines) is 2. The molecule has 0 aliphatic carbocycles. The van der Waals surface area contributed by atoms with Gasteiger partial charge in [0, 0.05) is 48.5 Å². The van der Waals surface area contributed by atoms with E-state index in [0.717, 1.165) is 102 Å². The largest absolute Gasteiger partial charge is 0.444 e. The molecule has 254 valence electrons. The maximum Gasteiger partial charge on any atom is 0.410 e. The SMILES string of the molecule is CC(C)(C)OC(=O)N1CCC(C2CCN(c3ccc(I)cc3)CC2)CC1.CC(C)(C)OC(=O)N1CCC(C2CCNCC2)CC1. The summed E-state index contributed by atoms with van der Waals surface area (Å²) >= 11 is 2.36. The summed E-state index contributed by atoms with van der Waals surface area (Å²) in [5, 5.41) is 3.42. The summed E-state index contributed by atoms with van der Waals surface area (Å²) in [4.78, 5) is 30.5. The van der Waals surface area contributed by atoms with Crippen molar-refractivity contribution in [3.63, 3.8) is 0 Å². The fraction of sp³-hybridized carbons (Fsp3) is 0.778. The third kappa shape index (κ3) is 11.8. The fourth-order valence-electron chi connectivity index (χ4n) is 7.36. The van der Waals surface area contributed by atoms with Gasteiger partial charge in [-0.05, 0) is 177 Å². The molecule has 5 rings (SSSR count). The number of piperidine rings is 4. The van der Waals surface area contributed by atoms with Crippen LogP contribution < -0.4 is 10.2 Å². The van der Waals surface area contributed by atoms with Gasteiger partial charge in [0.05, 0.1) is 0 Å². The molecular weight excluding hydrogens is 679 g/mol.